The molecule has 126 valence electrons. The number of benzene rings is 2. The van der Waals surface area contributed by atoms with Gasteiger partial charge in [-0.1, -0.05) is 29.8 Å². The third-order valence-electron chi connectivity index (χ3n) is 3.59. The molecule has 1 atom stereocenters. The van der Waals surface area contributed by atoms with E-state index >= 15 is 0 Å². The van der Waals surface area contributed by atoms with Crippen LogP contribution in [0.3, 0.4) is 0 Å². The third kappa shape index (κ3) is 3.33. The van der Waals surface area contributed by atoms with Gasteiger partial charge >= 0.3 is 0 Å². The Bertz CT molecular complexity index is 968. The van der Waals surface area contributed by atoms with E-state index in [4.69, 9.17) is 11.6 Å². The number of anilines is 1. The van der Waals surface area contributed by atoms with E-state index in [1.54, 1.807) is 42.5 Å². The van der Waals surface area contributed by atoms with Crippen molar-refractivity contribution < 1.29 is 16.8 Å². The van der Waals surface area contributed by atoms with Crippen LogP contribution in [0.25, 0.3) is 0 Å². The van der Waals surface area contributed by atoms with Crippen LogP contribution in [0.1, 0.15) is 0 Å². The summed E-state index contributed by atoms with van der Waals surface area (Å²) in [6, 6.07) is 13.4. The molecule has 1 aliphatic heterocycles. The number of halogens is 1. The van der Waals surface area contributed by atoms with Gasteiger partial charge in [-0.25, -0.2) is 16.8 Å². The summed E-state index contributed by atoms with van der Waals surface area (Å²) < 4.78 is 50.8. The van der Waals surface area contributed by atoms with Crippen molar-refractivity contribution >= 4 is 37.1 Å². The molecule has 2 aromatic carbocycles. The zero-order chi connectivity index (χ0) is 17.4. The topological polar surface area (TPSA) is 71.5 Å². The molecule has 8 heteroatoms. The Balaban J connectivity index is 2.12. The molecule has 0 aliphatic carbocycles. The fourth-order valence-electron chi connectivity index (χ4n) is 2.51. The van der Waals surface area contributed by atoms with Gasteiger partial charge in [0.2, 0.25) is 0 Å². The molecule has 3 rings (SSSR count). The van der Waals surface area contributed by atoms with Crippen molar-refractivity contribution in [3.63, 3.8) is 0 Å². The quantitative estimate of drug-likeness (QED) is 0.813. The van der Waals surface area contributed by atoms with Gasteiger partial charge < -0.3 is 0 Å². The van der Waals surface area contributed by atoms with Crippen LogP contribution in [0.5, 0.6) is 0 Å². The third-order valence-corrected chi connectivity index (χ3v) is 7.09. The van der Waals surface area contributed by atoms with Gasteiger partial charge in [-0.2, -0.15) is 0 Å². The first-order chi connectivity index (χ1) is 11.3. The highest BCUT2D eigenvalue weighted by atomic mass is 35.5. The minimum absolute atomic E-state index is 0.0950. The van der Waals surface area contributed by atoms with Crippen molar-refractivity contribution in [1.82, 2.24) is 0 Å². The van der Waals surface area contributed by atoms with E-state index in [0.717, 1.165) is 9.71 Å². The Hall–Kier alpha value is -1.83. The van der Waals surface area contributed by atoms with Crippen LogP contribution in [-0.4, -0.2) is 28.6 Å². The first kappa shape index (κ1) is 17.0. The molecule has 1 unspecified atom stereocenters. The molecule has 0 radical (unpaired) electrons. The molecular formula is C16H14ClNO4S2. The molecule has 5 nitrogen and oxygen atoms in total. The smallest absolute Gasteiger partial charge is 0.258 e. The van der Waals surface area contributed by atoms with E-state index in [1.165, 1.54) is 18.2 Å². The molecule has 0 spiro atoms. The molecule has 1 aliphatic rings. The van der Waals surface area contributed by atoms with Crippen molar-refractivity contribution in [2.24, 2.45) is 0 Å². The highest BCUT2D eigenvalue weighted by Crippen LogP contribution is 2.30. The van der Waals surface area contributed by atoms with Crippen molar-refractivity contribution in [3.05, 3.63) is 71.1 Å². The molecule has 0 amide bonds. The SMILES string of the molecule is O=S1(=O)C=CC(N(c2ccc(Cl)cc2)S(=O)(=O)c2ccccc2)C1. The predicted octanol–water partition coefficient (Wildman–Crippen LogP) is 2.85. The zero-order valence-corrected chi connectivity index (χ0v) is 14.8. The summed E-state index contributed by atoms with van der Waals surface area (Å²) in [5, 5.41) is 1.52. The second-order valence-electron chi connectivity index (χ2n) is 5.32. The van der Waals surface area contributed by atoms with Crippen LogP contribution >= 0.6 is 11.6 Å². The molecule has 2 aromatic rings. The average molecular weight is 384 g/mol. The van der Waals surface area contributed by atoms with Gasteiger partial charge in [0.05, 0.1) is 22.4 Å². The first-order valence-electron chi connectivity index (χ1n) is 7.06. The number of sulfonamides is 1. The lowest BCUT2D eigenvalue weighted by molar-refractivity contribution is 0.586. The normalized spacial score (nSPS) is 19.3. The van der Waals surface area contributed by atoms with Gasteiger partial charge in [-0.05, 0) is 42.5 Å². The minimum atomic E-state index is -3.93. The molecule has 1 heterocycles. The van der Waals surface area contributed by atoms with Crippen LogP contribution in [0.2, 0.25) is 5.02 Å². The van der Waals surface area contributed by atoms with E-state index in [-0.39, 0.29) is 10.6 Å². The molecule has 0 aromatic heterocycles. The van der Waals surface area contributed by atoms with Gasteiger partial charge in [0.1, 0.15) is 0 Å². The monoisotopic (exact) mass is 383 g/mol. The van der Waals surface area contributed by atoms with Gasteiger partial charge in [0.15, 0.2) is 9.84 Å². The second-order valence-corrected chi connectivity index (χ2v) is 9.50. The Labute approximate surface area is 146 Å². The minimum Gasteiger partial charge on any atom is -0.258 e. The highest BCUT2D eigenvalue weighted by Gasteiger charge is 2.35. The molecule has 0 saturated carbocycles. The Morgan fingerprint density at radius 1 is 1.00 bits per heavy atom. The van der Waals surface area contributed by atoms with Crippen molar-refractivity contribution in [2.75, 3.05) is 10.1 Å². The van der Waals surface area contributed by atoms with Gasteiger partial charge in [0, 0.05) is 10.4 Å². The maximum Gasteiger partial charge on any atom is 0.264 e. The van der Waals surface area contributed by atoms with E-state index in [9.17, 15) is 16.8 Å². The van der Waals surface area contributed by atoms with E-state index in [2.05, 4.69) is 0 Å². The summed E-state index contributed by atoms with van der Waals surface area (Å²) in [6.45, 7) is 0. The van der Waals surface area contributed by atoms with E-state index in [0.29, 0.717) is 10.7 Å². The standard InChI is InChI=1S/C16H14ClNO4S2/c17-13-6-8-14(9-7-13)18(15-10-11-23(19,20)12-15)24(21,22)16-4-2-1-3-5-16/h1-11,15H,12H2. The molecular weight excluding hydrogens is 370 g/mol. The largest absolute Gasteiger partial charge is 0.264 e. The molecule has 0 N–H and O–H groups in total. The molecule has 0 fully saturated rings. The van der Waals surface area contributed by atoms with Gasteiger partial charge in [-0.3, -0.25) is 4.31 Å². The fraction of sp³-hybridized carbons (Fsp3) is 0.125. The lowest BCUT2D eigenvalue weighted by Gasteiger charge is -2.29. The second kappa shape index (κ2) is 6.23. The Morgan fingerprint density at radius 3 is 2.17 bits per heavy atom. The number of sulfone groups is 1. The number of hydrogen-bond donors (Lipinski definition) is 0. The number of hydrogen-bond acceptors (Lipinski definition) is 4. The Kier molecular flexibility index (Phi) is 4.42. The van der Waals surface area contributed by atoms with Crippen LogP contribution in [-0.2, 0) is 19.9 Å². The number of nitrogens with zero attached hydrogens (tertiary/aromatic N) is 1. The van der Waals surface area contributed by atoms with Gasteiger partial charge in [-0.15, -0.1) is 0 Å². The molecule has 24 heavy (non-hydrogen) atoms. The highest BCUT2D eigenvalue weighted by molar-refractivity contribution is 7.95. The van der Waals surface area contributed by atoms with Crippen LogP contribution in [0.15, 0.2) is 71.0 Å². The van der Waals surface area contributed by atoms with Crippen molar-refractivity contribution in [1.29, 1.82) is 0 Å². The fourth-order valence-corrected chi connectivity index (χ4v) is 5.63. The summed E-state index contributed by atoms with van der Waals surface area (Å²) in [6.07, 6.45) is 1.39. The lowest BCUT2D eigenvalue weighted by Crippen LogP contribution is -2.41. The van der Waals surface area contributed by atoms with E-state index in [1.807, 2.05) is 0 Å². The maximum absolute atomic E-state index is 13.1. The van der Waals surface area contributed by atoms with Crippen molar-refractivity contribution in [2.45, 2.75) is 10.9 Å². The summed E-state index contributed by atoms with van der Waals surface area (Å²) in [7, 11) is -7.34. The van der Waals surface area contributed by atoms with Gasteiger partial charge in [0.25, 0.3) is 10.0 Å². The van der Waals surface area contributed by atoms with Crippen LogP contribution < -0.4 is 4.31 Å². The lowest BCUT2D eigenvalue weighted by atomic mass is 10.2. The Morgan fingerprint density at radius 2 is 1.62 bits per heavy atom. The first-order valence-corrected chi connectivity index (χ1v) is 10.6. The summed E-state index contributed by atoms with van der Waals surface area (Å²) >= 11 is 5.87. The summed E-state index contributed by atoms with van der Waals surface area (Å²) in [5.74, 6) is -0.290. The van der Waals surface area contributed by atoms with E-state index < -0.39 is 25.9 Å². The maximum atomic E-state index is 13.1. The summed E-state index contributed by atoms with van der Waals surface area (Å²) in [5.41, 5.74) is 0.356. The van der Waals surface area contributed by atoms with Crippen molar-refractivity contribution in [3.8, 4) is 0 Å². The van der Waals surface area contributed by atoms with Crippen LogP contribution in [0, 0.1) is 0 Å². The molecule has 0 bridgehead atoms. The predicted molar refractivity (Wildman–Crippen MR) is 94.3 cm³/mol. The summed E-state index contributed by atoms with van der Waals surface area (Å²) in [4.78, 5) is 0.0950. The zero-order valence-electron chi connectivity index (χ0n) is 12.4. The average Bonchev–Trinajstić information content (AvgIpc) is 2.90. The van der Waals surface area contributed by atoms with Crippen LogP contribution in [0.4, 0.5) is 5.69 Å². The number of rotatable bonds is 4. The molecule has 0 saturated heterocycles.